The van der Waals surface area contributed by atoms with Crippen LogP contribution in [0.2, 0.25) is 0 Å². The van der Waals surface area contributed by atoms with Crippen LogP contribution in [-0.4, -0.2) is 25.3 Å². The van der Waals surface area contributed by atoms with Crippen molar-refractivity contribution < 1.29 is 14.3 Å². The van der Waals surface area contributed by atoms with Gasteiger partial charge in [-0.1, -0.05) is 30.3 Å². The van der Waals surface area contributed by atoms with Crippen LogP contribution in [0.1, 0.15) is 18.4 Å². The van der Waals surface area contributed by atoms with E-state index < -0.39 is 6.09 Å². The minimum absolute atomic E-state index is 0.169. The van der Waals surface area contributed by atoms with Crippen LogP contribution in [0.15, 0.2) is 30.3 Å². The molecular weight excluding hydrogens is 232 g/mol. The quantitative estimate of drug-likeness (QED) is 0.797. The Morgan fingerprint density at radius 2 is 2.22 bits per heavy atom. The molecule has 0 aliphatic carbocycles. The lowest BCUT2D eigenvalue weighted by Gasteiger charge is -2.23. The summed E-state index contributed by atoms with van der Waals surface area (Å²) in [7, 11) is 0. The van der Waals surface area contributed by atoms with Gasteiger partial charge in [-0.3, -0.25) is 5.43 Å². The lowest BCUT2D eigenvalue weighted by atomic mass is 10.1. The Balaban J connectivity index is 1.63. The average Bonchev–Trinajstić information content (AvgIpc) is 2.45. The molecule has 1 aromatic carbocycles. The summed E-state index contributed by atoms with van der Waals surface area (Å²) in [5.74, 6) is 0. The zero-order valence-electron chi connectivity index (χ0n) is 10.2. The number of hydrogen-bond donors (Lipinski definition) is 2. The molecule has 1 aromatic rings. The van der Waals surface area contributed by atoms with Crippen molar-refractivity contribution in [2.75, 3.05) is 13.2 Å². The van der Waals surface area contributed by atoms with Gasteiger partial charge < -0.3 is 9.47 Å². The molecule has 0 saturated carbocycles. The molecule has 1 aliphatic heterocycles. The topological polar surface area (TPSA) is 59.6 Å². The van der Waals surface area contributed by atoms with Crippen molar-refractivity contribution in [2.24, 2.45) is 0 Å². The van der Waals surface area contributed by atoms with Crippen LogP contribution < -0.4 is 10.9 Å². The van der Waals surface area contributed by atoms with E-state index in [1.165, 1.54) is 0 Å². The van der Waals surface area contributed by atoms with Crippen LogP contribution in [-0.2, 0) is 16.1 Å². The summed E-state index contributed by atoms with van der Waals surface area (Å²) in [6, 6.07) is 9.74. The predicted octanol–water partition coefficient (Wildman–Crippen LogP) is 1.60. The number of amides is 1. The Kier molecular flexibility index (Phi) is 4.99. The zero-order valence-corrected chi connectivity index (χ0v) is 10.2. The lowest BCUT2D eigenvalue weighted by molar-refractivity contribution is 0.0628. The fourth-order valence-corrected chi connectivity index (χ4v) is 1.77. The second-order valence-corrected chi connectivity index (χ2v) is 4.25. The van der Waals surface area contributed by atoms with Gasteiger partial charge in [-0.2, -0.15) is 0 Å². The number of hydrogen-bond acceptors (Lipinski definition) is 4. The number of benzene rings is 1. The molecule has 2 N–H and O–H groups in total. The smallest absolute Gasteiger partial charge is 0.421 e. The molecule has 1 aliphatic rings. The third-order valence-corrected chi connectivity index (χ3v) is 2.75. The first kappa shape index (κ1) is 12.9. The number of ether oxygens (including phenoxy) is 2. The van der Waals surface area contributed by atoms with Crippen molar-refractivity contribution in [2.45, 2.75) is 25.5 Å². The molecule has 98 valence electrons. The summed E-state index contributed by atoms with van der Waals surface area (Å²) in [5, 5.41) is 0. The Morgan fingerprint density at radius 1 is 1.39 bits per heavy atom. The van der Waals surface area contributed by atoms with Gasteiger partial charge in [0.15, 0.2) is 0 Å². The zero-order chi connectivity index (χ0) is 12.6. The van der Waals surface area contributed by atoms with Crippen LogP contribution in [0.3, 0.4) is 0 Å². The van der Waals surface area contributed by atoms with E-state index in [0.717, 1.165) is 25.0 Å². The number of rotatable bonds is 4. The molecule has 1 amide bonds. The first-order valence-corrected chi connectivity index (χ1v) is 6.14. The molecular formula is C13H18N2O3. The predicted molar refractivity (Wildman–Crippen MR) is 66.7 cm³/mol. The summed E-state index contributed by atoms with van der Waals surface area (Å²) in [6.07, 6.45) is 1.54. The first-order valence-electron chi connectivity index (χ1n) is 6.14. The van der Waals surface area contributed by atoms with Crippen LogP contribution in [0, 0.1) is 0 Å². The molecule has 2 rings (SSSR count). The van der Waals surface area contributed by atoms with Gasteiger partial charge in [0, 0.05) is 12.6 Å². The number of hydrazine groups is 1. The maximum Gasteiger partial charge on any atom is 0.421 e. The third kappa shape index (κ3) is 4.35. The van der Waals surface area contributed by atoms with Gasteiger partial charge in [-0.15, -0.1) is 0 Å². The fourth-order valence-electron chi connectivity index (χ4n) is 1.77. The Morgan fingerprint density at radius 3 is 2.94 bits per heavy atom. The van der Waals surface area contributed by atoms with Crippen LogP contribution in [0.4, 0.5) is 4.79 Å². The highest BCUT2D eigenvalue weighted by atomic mass is 16.6. The Labute approximate surface area is 106 Å². The van der Waals surface area contributed by atoms with Gasteiger partial charge >= 0.3 is 6.09 Å². The van der Waals surface area contributed by atoms with E-state index in [1.54, 1.807) is 0 Å². The molecule has 0 bridgehead atoms. The lowest BCUT2D eigenvalue weighted by Crippen LogP contribution is -2.47. The number of carbonyl (C=O) groups excluding carboxylic acids is 1. The Bertz CT molecular complexity index is 364. The van der Waals surface area contributed by atoms with Gasteiger partial charge in [0.05, 0.1) is 6.61 Å². The molecule has 0 radical (unpaired) electrons. The maximum atomic E-state index is 11.4. The summed E-state index contributed by atoms with van der Waals surface area (Å²) in [4.78, 5) is 11.4. The van der Waals surface area contributed by atoms with Crippen molar-refractivity contribution in [3.05, 3.63) is 35.9 Å². The molecule has 1 fully saturated rings. The minimum Gasteiger partial charge on any atom is -0.444 e. The SMILES string of the molecule is O=C(NNC1CCCOC1)OCc1ccccc1. The molecule has 0 aromatic heterocycles. The fraction of sp³-hybridized carbons (Fsp3) is 0.462. The minimum atomic E-state index is -0.468. The van der Waals surface area contributed by atoms with Crippen molar-refractivity contribution >= 4 is 6.09 Å². The van der Waals surface area contributed by atoms with E-state index in [4.69, 9.17) is 9.47 Å². The van der Waals surface area contributed by atoms with Crippen LogP contribution in [0.5, 0.6) is 0 Å². The van der Waals surface area contributed by atoms with Gasteiger partial charge in [0.1, 0.15) is 6.61 Å². The van der Waals surface area contributed by atoms with Crippen molar-refractivity contribution in [3.63, 3.8) is 0 Å². The molecule has 5 heteroatoms. The van der Waals surface area contributed by atoms with Crippen molar-refractivity contribution in [3.8, 4) is 0 Å². The highest BCUT2D eigenvalue weighted by Crippen LogP contribution is 2.04. The second-order valence-electron chi connectivity index (χ2n) is 4.25. The van der Waals surface area contributed by atoms with Crippen LogP contribution in [0.25, 0.3) is 0 Å². The average molecular weight is 250 g/mol. The second kappa shape index (κ2) is 6.98. The van der Waals surface area contributed by atoms with E-state index in [-0.39, 0.29) is 12.6 Å². The molecule has 1 atom stereocenters. The monoisotopic (exact) mass is 250 g/mol. The largest absolute Gasteiger partial charge is 0.444 e. The highest BCUT2D eigenvalue weighted by Gasteiger charge is 2.14. The summed E-state index contributed by atoms with van der Waals surface area (Å²) in [5.41, 5.74) is 6.41. The van der Waals surface area contributed by atoms with Crippen LogP contribution >= 0.6 is 0 Å². The van der Waals surface area contributed by atoms with Gasteiger partial charge in [-0.25, -0.2) is 10.2 Å². The highest BCUT2D eigenvalue weighted by molar-refractivity contribution is 5.66. The van der Waals surface area contributed by atoms with E-state index in [1.807, 2.05) is 30.3 Å². The molecule has 1 unspecified atom stereocenters. The van der Waals surface area contributed by atoms with Gasteiger partial charge in [-0.05, 0) is 18.4 Å². The molecule has 1 saturated heterocycles. The maximum absolute atomic E-state index is 11.4. The van der Waals surface area contributed by atoms with E-state index in [2.05, 4.69) is 10.9 Å². The van der Waals surface area contributed by atoms with E-state index in [9.17, 15) is 4.79 Å². The summed E-state index contributed by atoms with van der Waals surface area (Å²) < 4.78 is 10.4. The Hall–Kier alpha value is -1.59. The van der Waals surface area contributed by atoms with Crippen molar-refractivity contribution in [1.29, 1.82) is 0 Å². The summed E-state index contributed by atoms with van der Waals surface area (Å²) >= 11 is 0. The van der Waals surface area contributed by atoms with Gasteiger partial charge in [0.25, 0.3) is 0 Å². The number of carbonyl (C=O) groups is 1. The van der Waals surface area contributed by atoms with Gasteiger partial charge in [0.2, 0.25) is 0 Å². The normalized spacial score (nSPS) is 19.2. The molecule has 1 heterocycles. The molecule has 5 nitrogen and oxygen atoms in total. The third-order valence-electron chi connectivity index (χ3n) is 2.75. The molecule has 18 heavy (non-hydrogen) atoms. The van der Waals surface area contributed by atoms with Crippen molar-refractivity contribution in [1.82, 2.24) is 10.9 Å². The van der Waals surface area contributed by atoms with E-state index in [0.29, 0.717) is 6.61 Å². The molecule has 0 spiro atoms. The number of nitrogens with one attached hydrogen (secondary N) is 2. The standard InChI is InChI=1S/C13H18N2O3/c16-13(15-14-12-7-4-8-17-10-12)18-9-11-5-2-1-3-6-11/h1-3,5-6,12,14H,4,7-10H2,(H,15,16). The summed E-state index contributed by atoms with van der Waals surface area (Å²) in [6.45, 7) is 1.70. The van der Waals surface area contributed by atoms with E-state index >= 15 is 0 Å². The first-order chi connectivity index (χ1) is 8.84.